The number of nitrogens with zero attached hydrogens (tertiary/aromatic N) is 2. The van der Waals surface area contributed by atoms with Crippen LogP contribution in [0.3, 0.4) is 0 Å². The van der Waals surface area contributed by atoms with Gasteiger partial charge in [0.05, 0.1) is 0 Å². The van der Waals surface area contributed by atoms with Gasteiger partial charge in [-0.25, -0.2) is 4.98 Å². The van der Waals surface area contributed by atoms with Gasteiger partial charge in [0.1, 0.15) is 0 Å². The SMILES string of the molecule is NCc1cccc(Cn2[c]ncc2)c1. The fourth-order valence-corrected chi connectivity index (χ4v) is 1.39. The molecular formula is C11H12N3. The fraction of sp³-hybridized carbons (Fsp3) is 0.182. The number of imidazole rings is 1. The van der Waals surface area contributed by atoms with Crippen molar-refractivity contribution in [3.8, 4) is 0 Å². The van der Waals surface area contributed by atoms with Crippen LogP contribution in [0, 0.1) is 6.33 Å². The highest BCUT2D eigenvalue weighted by atomic mass is 15.0. The van der Waals surface area contributed by atoms with E-state index in [0.717, 1.165) is 12.1 Å². The summed E-state index contributed by atoms with van der Waals surface area (Å²) in [6.07, 6.45) is 6.49. The van der Waals surface area contributed by atoms with Crippen LogP contribution >= 0.6 is 0 Å². The zero-order valence-corrected chi connectivity index (χ0v) is 7.85. The second-order valence-corrected chi connectivity index (χ2v) is 3.18. The molecule has 3 heteroatoms. The average molecular weight is 186 g/mol. The summed E-state index contributed by atoms with van der Waals surface area (Å²) in [6, 6.07) is 8.23. The normalized spacial score (nSPS) is 10.4. The van der Waals surface area contributed by atoms with E-state index in [-0.39, 0.29) is 0 Å². The molecule has 2 rings (SSSR count). The van der Waals surface area contributed by atoms with Crippen molar-refractivity contribution in [3.05, 3.63) is 54.1 Å². The lowest BCUT2D eigenvalue weighted by atomic mass is 10.1. The Balaban J connectivity index is 2.17. The molecular weight excluding hydrogens is 174 g/mol. The van der Waals surface area contributed by atoms with Gasteiger partial charge in [-0.1, -0.05) is 24.3 Å². The topological polar surface area (TPSA) is 43.8 Å². The van der Waals surface area contributed by atoms with E-state index in [2.05, 4.69) is 23.4 Å². The van der Waals surface area contributed by atoms with Gasteiger partial charge in [0.15, 0.2) is 6.33 Å². The van der Waals surface area contributed by atoms with E-state index in [9.17, 15) is 0 Å². The highest BCUT2D eigenvalue weighted by Crippen LogP contribution is 2.06. The van der Waals surface area contributed by atoms with E-state index < -0.39 is 0 Å². The maximum absolute atomic E-state index is 5.57. The van der Waals surface area contributed by atoms with Gasteiger partial charge in [0.2, 0.25) is 0 Å². The summed E-state index contributed by atoms with van der Waals surface area (Å²) in [4.78, 5) is 3.87. The van der Waals surface area contributed by atoms with Crippen molar-refractivity contribution in [1.29, 1.82) is 0 Å². The molecule has 0 unspecified atom stereocenters. The summed E-state index contributed by atoms with van der Waals surface area (Å²) in [5.41, 5.74) is 7.94. The minimum atomic E-state index is 0.585. The Kier molecular flexibility index (Phi) is 2.60. The molecule has 0 atom stereocenters. The minimum absolute atomic E-state index is 0.585. The smallest absolute Gasteiger partial charge is 0.176 e. The molecule has 3 nitrogen and oxygen atoms in total. The van der Waals surface area contributed by atoms with Crippen LogP contribution in [0.1, 0.15) is 11.1 Å². The number of hydrogen-bond donors (Lipinski definition) is 1. The summed E-state index contributed by atoms with van der Waals surface area (Å²) in [5, 5.41) is 0. The third-order valence-corrected chi connectivity index (χ3v) is 2.09. The van der Waals surface area contributed by atoms with Crippen LogP contribution < -0.4 is 5.73 Å². The van der Waals surface area contributed by atoms with Crippen molar-refractivity contribution in [2.75, 3.05) is 0 Å². The Morgan fingerprint density at radius 2 is 2.21 bits per heavy atom. The van der Waals surface area contributed by atoms with Gasteiger partial charge in [0, 0.05) is 25.5 Å². The van der Waals surface area contributed by atoms with E-state index in [1.54, 1.807) is 6.20 Å². The molecule has 0 aliphatic carbocycles. The monoisotopic (exact) mass is 186 g/mol. The molecule has 0 bridgehead atoms. The van der Waals surface area contributed by atoms with Gasteiger partial charge in [-0.2, -0.15) is 0 Å². The molecule has 71 valence electrons. The molecule has 0 amide bonds. The largest absolute Gasteiger partial charge is 0.326 e. The Hall–Kier alpha value is -1.61. The van der Waals surface area contributed by atoms with Gasteiger partial charge in [-0.15, -0.1) is 0 Å². The summed E-state index contributed by atoms with van der Waals surface area (Å²) in [5.74, 6) is 0. The van der Waals surface area contributed by atoms with Gasteiger partial charge < -0.3 is 10.3 Å². The first-order valence-corrected chi connectivity index (χ1v) is 4.55. The molecule has 1 heterocycles. The summed E-state index contributed by atoms with van der Waals surface area (Å²) < 4.78 is 1.91. The van der Waals surface area contributed by atoms with E-state index in [0.29, 0.717) is 6.54 Å². The van der Waals surface area contributed by atoms with Crippen molar-refractivity contribution in [1.82, 2.24) is 9.55 Å². The molecule has 0 aliphatic rings. The van der Waals surface area contributed by atoms with Crippen molar-refractivity contribution < 1.29 is 0 Å². The van der Waals surface area contributed by atoms with Gasteiger partial charge in [-0.05, 0) is 11.1 Å². The molecule has 2 N–H and O–H groups in total. The molecule has 14 heavy (non-hydrogen) atoms. The molecule has 1 aromatic heterocycles. The zero-order valence-electron chi connectivity index (χ0n) is 7.85. The molecule has 1 aromatic carbocycles. The Morgan fingerprint density at radius 1 is 1.36 bits per heavy atom. The van der Waals surface area contributed by atoms with Crippen LogP contribution in [0.15, 0.2) is 36.7 Å². The van der Waals surface area contributed by atoms with Crippen molar-refractivity contribution >= 4 is 0 Å². The third-order valence-electron chi connectivity index (χ3n) is 2.09. The first-order valence-electron chi connectivity index (χ1n) is 4.55. The van der Waals surface area contributed by atoms with Crippen molar-refractivity contribution in [2.45, 2.75) is 13.1 Å². The molecule has 1 radical (unpaired) electrons. The first kappa shape index (κ1) is 8.97. The van der Waals surface area contributed by atoms with Crippen LogP contribution in [-0.4, -0.2) is 9.55 Å². The standard InChI is InChI=1S/C11H12N3/c12-7-10-2-1-3-11(6-10)8-14-5-4-13-9-14/h1-6H,7-8,12H2. The van der Waals surface area contributed by atoms with Crippen LogP contribution in [0.4, 0.5) is 0 Å². The van der Waals surface area contributed by atoms with E-state index >= 15 is 0 Å². The number of hydrogen-bond acceptors (Lipinski definition) is 2. The number of benzene rings is 1. The van der Waals surface area contributed by atoms with Gasteiger partial charge in [0.25, 0.3) is 0 Å². The molecule has 0 saturated carbocycles. The average Bonchev–Trinajstić information content (AvgIpc) is 2.71. The molecule has 0 aliphatic heterocycles. The zero-order chi connectivity index (χ0) is 9.80. The highest BCUT2D eigenvalue weighted by molar-refractivity contribution is 5.23. The minimum Gasteiger partial charge on any atom is -0.326 e. The second kappa shape index (κ2) is 4.07. The fourth-order valence-electron chi connectivity index (χ4n) is 1.39. The molecule has 0 saturated heterocycles. The van der Waals surface area contributed by atoms with E-state index in [1.807, 2.05) is 22.9 Å². The van der Waals surface area contributed by atoms with Crippen molar-refractivity contribution in [3.63, 3.8) is 0 Å². The predicted molar refractivity (Wildman–Crippen MR) is 54.5 cm³/mol. The van der Waals surface area contributed by atoms with Crippen LogP contribution in [-0.2, 0) is 13.1 Å². The van der Waals surface area contributed by atoms with Crippen molar-refractivity contribution in [2.24, 2.45) is 5.73 Å². The Morgan fingerprint density at radius 3 is 2.93 bits per heavy atom. The van der Waals surface area contributed by atoms with Crippen LogP contribution in [0.25, 0.3) is 0 Å². The highest BCUT2D eigenvalue weighted by Gasteiger charge is 1.96. The first-order chi connectivity index (χ1) is 6.88. The lowest BCUT2D eigenvalue weighted by Gasteiger charge is -2.03. The number of rotatable bonds is 3. The predicted octanol–water partition coefficient (Wildman–Crippen LogP) is 1.19. The molecule has 0 fully saturated rings. The second-order valence-electron chi connectivity index (χ2n) is 3.18. The number of nitrogens with two attached hydrogens (primary N) is 1. The Labute approximate surface area is 83.2 Å². The maximum atomic E-state index is 5.57. The molecule has 0 spiro atoms. The summed E-state index contributed by atoms with van der Waals surface area (Å²) >= 11 is 0. The quantitative estimate of drug-likeness (QED) is 0.782. The summed E-state index contributed by atoms with van der Waals surface area (Å²) in [6.45, 7) is 1.38. The summed E-state index contributed by atoms with van der Waals surface area (Å²) in [7, 11) is 0. The van der Waals surface area contributed by atoms with Gasteiger partial charge >= 0.3 is 0 Å². The van der Waals surface area contributed by atoms with Crippen LogP contribution in [0.2, 0.25) is 0 Å². The lowest BCUT2D eigenvalue weighted by molar-refractivity contribution is 0.788. The maximum Gasteiger partial charge on any atom is 0.176 e. The number of aromatic nitrogens is 2. The van der Waals surface area contributed by atoms with Gasteiger partial charge in [-0.3, -0.25) is 0 Å². The Bertz CT molecular complexity index is 393. The third kappa shape index (κ3) is 2.00. The lowest BCUT2D eigenvalue weighted by Crippen LogP contribution is -2.00. The van der Waals surface area contributed by atoms with E-state index in [1.165, 1.54) is 5.56 Å². The van der Waals surface area contributed by atoms with E-state index in [4.69, 9.17) is 5.73 Å². The molecule has 2 aromatic rings. The van der Waals surface area contributed by atoms with Crippen LogP contribution in [0.5, 0.6) is 0 Å².